The minimum Gasteiger partial charge on any atom is -0.331 e. The van der Waals surface area contributed by atoms with Gasteiger partial charge >= 0.3 is 18.3 Å². The van der Waals surface area contributed by atoms with Gasteiger partial charge in [0.05, 0.1) is 15.5 Å². The van der Waals surface area contributed by atoms with E-state index < -0.39 is 56.3 Å². The molecule has 0 saturated heterocycles. The second-order valence-electron chi connectivity index (χ2n) is 4.39. The van der Waals surface area contributed by atoms with Gasteiger partial charge in [0.25, 0.3) is 5.69 Å². The van der Waals surface area contributed by atoms with Crippen molar-refractivity contribution in [3.8, 4) is 0 Å². The standard InChI is InChI=1S/C10H2ClF8N3O2/c11-4-2(9(14,15)16)1-3(22(23)24)5-6(4)21-7(20-5)8(12,13)10(17,18)19/h1H,(H,20,21). The Hall–Kier alpha value is -2.18. The lowest BCUT2D eigenvalue weighted by atomic mass is 10.1. The third kappa shape index (κ3) is 2.72. The first-order valence-corrected chi connectivity index (χ1v) is 5.94. The van der Waals surface area contributed by atoms with Crippen molar-refractivity contribution >= 4 is 28.3 Å². The summed E-state index contributed by atoms with van der Waals surface area (Å²) in [6.07, 6.45) is -11.4. The number of rotatable bonds is 2. The molecular weight excluding hydrogens is 382 g/mol. The fourth-order valence-corrected chi connectivity index (χ4v) is 2.05. The van der Waals surface area contributed by atoms with Crippen molar-refractivity contribution in [2.75, 3.05) is 0 Å². The number of nitrogens with zero attached hydrogens (tertiary/aromatic N) is 2. The number of non-ortho nitro benzene ring substituents is 1. The van der Waals surface area contributed by atoms with Gasteiger partial charge in [-0.05, 0) is 0 Å². The number of nitro groups is 1. The van der Waals surface area contributed by atoms with Gasteiger partial charge in [-0.2, -0.15) is 35.1 Å². The zero-order chi connectivity index (χ0) is 18.7. The third-order valence-electron chi connectivity index (χ3n) is 2.84. The molecule has 1 heterocycles. The number of imidazole rings is 1. The molecule has 0 saturated carbocycles. The van der Waals surface area contributed by atoms with Crippen LogP contribution in [-0.2, 0) is 12.1 Å². The maximum atomic E-state index is 13.2. The van der Waals surface area contributed by atoms with Crippen LogP contribution < -0.4 is 0 Å². The number of fused-ring (bicyclic) bond motifs is 1. The Morgan fingerprint density at radius 3 is 2.08 bits per heavy atom. The Bertz CT molecular complexity index is 826. The average Bonchev–Trinajstić information content (AvgIpc) is 2.81. The molecule has 1 aromatic carbocycles. The second-order valence-corrected chi connectivity index (χ2v) is 4.77. The van der Waals surface area contributed by atoms with Gasteiger partial charge in [-0.1, -0.05) is 11.6 Å². The van der Waals surface area contributed by atoms with Crippen LogP contribution in [0.25, 0.3) is 11.0 Å². The van der Waals surface area contributed by atoms with Crippen molar-refractivity contribution in [3.63, 3.8) is 0 Å². The van der Waals surface area contributed by atoms with E-state index in [0.29, 0.717) is 0 Å². The largest absolute Gasteiger partial charge is 0.461 e. The highest BCUT2D eigenvalue weighted by molar-refractivity contribution is 6.36. The molecule has 24 heavy (non-hydrogen) atoms. The van der Waals surface area contributed by atoms with Crippen LogP contribution in [0.2, 0.25) is 5.02 Å². The summed E-state index contributed by atoms with van der Waals surface area (Å²) in [6, 6.07) is -0.0850. The SMILES string of the molecule is O=[N+]([O-])c1cc(C(F)(F)F)c(Cl)c2nc(C(F)(F)C(F)(F)F)[nH]c12. The maximum absolute atomic E-state index is 13.2. The normalized spacial score (nSPS) is 13.5. The molecule has 132 valence electrons. The van der Waals surface area contributed by atoms with Crippen LogP contribution in [0, 0.1) is 10.1 Å². The number of aromatic amines is 1. The first kappa shape index (κ1) is 18.2. The number of H-pyrrole nitrogens is 1. The van der Waals surface area contributed by atoms with E-state index in [9.17, 15) is 45.2 Å². The zero-order valence-corrected chi connectivity index (χ0v) is 11.4. The van der Waals surface area contributed by atoms with Gasteiger partial charge in [-0.25, -0.2) is 4.98 Å². The van der Waals surface area contributed by atoms with E-state index in [-0.39, 0.29) is 6.07 Å². The van der Waals surface area contributed by atoms with E-state index in [2.05, 4.69) is 4.98 Å². The molecule has 0 unspecified atom stereocenters. The lowest BCUT2D eigenvalue weighted by molar-refractivity contribution is -0.383. The van der Waals surface area contributed by atoms with E-state index in [0.717, 1.165) is 0 Å². The summed E-state index contributed by atoms with van der Waals surface area (Å²) in [6.45, 7) is 0. The van der Waals surface area contributed by atoms with Crippen LogP contribution in [0.4, 0.5) is 40.8 Å². The van der Waals surface area contributed by atoms with Crippen LogP contribution >= 0.6 is 11.6 Å². The minimum absolute atomic E-state index is 0.0850. The van der Waals surface area contributed by atoms with Crippen LogP contribution in [0.15, 0.2) is 6.07 Å². The smallest absolute Gasteiger partial charge is 0.331 e. The highest BCUT2D eigenvalue weighted by atomic mass is 35.5. The van der Waals surface area contributed by atoms with Crippen LogP contribution in [0.3, 0.4) is 0 Å². The van der Waals surface area contributed by atoms with Crippen LogP contribution in [-0.4, -0.2) is 21.1 Å². The molecule has 0 amide bonds. The van der Waals surface area contributed by atoms with Crippen molar-refractivity contribution < 1.29 is 40.0 Å². The Labute approximate surface area is 130 Å². The van der Waals surface area contributed by atoms with E-state index >= 15 is 0 Å². The topological polar surface area (TPSA) is 71.8 Å². The molecule has 0 fully saturated rings. The number of halogens is 9. The summed E-state index contributed by atoms with van der Waals surface area (Å²) >= 11 is 5.33. The molecule has 5 nitrogen and oxygen atoms in total. The molecule has 1 N–H and O–H groups in total. The molecule has 0 spiro atoms. The molecule has 0 aliphatic heterocycles. The van der Waals surface area contributed by atoms with Crippen molar-refractivity contribution in [3.05, 3.63) is 32.6 Å². The Kier molecular flexibility index (Phi) is 3.90. The van der Waals surface area contributed by atoms with E-state index in [4.69, 9.17) is 11.6 Å². The number of hydrogen-bond acceptors (Lipinski definition) is 3. The number of alkyl halides is 8. The molecule has 0 atom stereocenters. The van der Waals surface area contributed by atoms with E-state index in [1.807, 2.05) is 0 Å². The highest BCUT2D eigenvalue weighted by Gasteiger charge is 2.61. The Morgan fingerprint density at radius 1 is 1.12 bits per heavy atom. The van der Waals surface area contributed by atoms with Gasteiger partial charge in [-0.3, -0.25) is 10.1 Å². The molecule has 0 bridgehead atoms. The van der Waals surface area contributed by atoms with Crippen molar-refractivity contribution in [2.45, 2.75) is 18.3 Å². The summed E-state index contributed by atoms with van der Waals surface area (Å²) in [5.41, 5.74) is -5.51. The summed E-state index contributed by atoms with van der Waals surface area (Å²) in [7, 11) is 0. The predicted molar refractivity (Wildman–Crippen MR) is 62.7 cm³/mol. The van der Waals surface area contributed by atoms with Gasteiger partial charge < -0.3 is 4.98 Å². The summed E-state index contributed by atoms with van der Waals surface area (Å²) < 4.78 is 102. The third-order valence-corrected chi connectivity index (χ3v) is 3.22. The molecule has 0 aliphatic carbocycles. The first-order chi connectivity index (χ1) is 10.7. The number of hydrogen-bond donors (Lipinski definition) is 1. The molecule has 0 radical (unpaired) electrons. The molecular formula is C10H2ClF8N3O2. The second kappa shape index (κ2) is 5.16. The van der Waals surface area contributed by atoms with Crippen LogP contribution in [0.1, 0.15) is 11.4 Å². The lowest BCUT2D eigenvalue weighted by Gasteiger charge is -2.16. The number of nitro benzene ring substituents is 1. The predicted octanol–water partition coefficient (Wildman–Crippen LogP) is 4.80. The zero-order valence-electron chi connectivity index (χ0n) is 10.7. The molecule has 2 aromatic rings. The van der Waals surface area contributed by atoms with E-state index in [1.165, 1.54) is 4.98 Å². The number of nitrogens with one attached hydrogen (secondary N) is 1. The fourth-order valence-electron chi connectivity index (χ4n) is 1.75. The number of benzene rings is 1. The summed E-state index contributed by atoms with van der Waals surface area (Å²) in [5.74, 6) is -7.70. The van der Waals surface area contributed by atoms with Gasteiger partial charge in [0.15, 0.2) is 5.82 Å². The Morgan fingerprint density at radius 2 is 1.67 bits per heavy atom. The van der Waals surface area contributed by atoms with Gasteiger partial charge in [0.1, 0.15) is 11.0 Å². The number of aromatic nitrogens is 2. The van der Waals surface area contributed by atoms with Gasteiger partial charge in [0, 0.05) is 6.07 Å². The maximum Gasteiger partial charge on any atom is 0.461 e. The highest BCUT2D eigenvalue weighted by Crippen LogP contribution is 2.46. The molecule has 1 aromatic heterocycles. The first-order valence-electron chi connectivity index (χ1n) is 5.56. The quantitative estimate of drug-likeness (QED) is 0.460. The van der Waals surface area contributed by atoms with Crippen molar-refractivity contribution in [1.82, 2.24) is 9.97 Å². The fraction of sp³-hybridized carbons (Fsp3) is 0.300. The Balaban J connectivity index is 2.88. The molecule has 0 aliphatic rings. The minimum atomic E-state index is -6.13. The lowest BCUT2D eigenvalue weighted by Crippen LogP contribution is -2.34. The molecule has 2 rings (SSSR count). The average molecular weight is 384 g/mol. The summed E-state index contributed by atoms with van der Waals surface area (Å²) in [5, 5.41) is 9.45. The van der Waals surface area contributed by atoms with Crippen LogP contribution in [0.5, 0.6) is 0 Å². The van der Waals surface area contributed by atoms with Crippen molar-refractivity contribution in [1.29, 1.82) is 0 Å². The summed E-state index contributed by atoms with van der Waals surface area (Å²) in [4.78, 5) is 13.4. The van der Waals surface area contributed by atoms with Crippen molar-refractivity contribution in [2.24, 2.45) is 0 Å². The van der Waals surface area contributed by atoms with Gasteiger partial charge in [-0.15, -0.1) is 0 Å². The van der Waals surface area contributed by atoms with Gasteiger partial charge in [0.2, 0.25) is 0 Å². The van der Waals surface area contributed by atoms with E-state index in [1.54, 1.807) is 0 Å². The molecule has 14 heteroatoms. The monoisotopic (exact) mass is 383 g/mol.